The molecule has 0 bridgehead atoms. The lowest BCUT2D eigenvalue weighted by atomic mass is 9.84. The first-order chi connectivity index (χ1) is 37.0. The number of carbonyl (C=O) groups excluding carboxylic acids is 1. The summed E-state index contributed by atoms with van der Waals surface area (Å²) in [5, 5.41) is 8.31. The number of ether oxygens (including phenoxy) is 1. The molecule has 5 aliphatic rings. The molecule has 11 rings (SSSR count). The second-order valence-electron chi connectivity index (χ2n) is 23.5. The second kappa shape index (κ2) is 19.6. The number of hydrogen-bond acceptors (Lipinski definition) is 10. The van der Waals surface area contributed by atoms with E-state index in [0.29, 0.717) is 30.4 Å². The van der Waals surface area contributed by atoms with Crippen LogP contribution in [0, 0.1) is 29.4 Å². The summed E-state index contributed by atoms with van der Waals surface area (Å²) in [5.41, 5.74) is -3.77. The number of sulfonamides is 1. The maximum Gasteiger partial charge on any atom is 0.293 e. The third-order valence-electron chi connectivity index (χ3n) is 16.2. The van der Waals surface area contributed by atoms with Gasteiger partial charge in [-0.2, -0.15) is 19.0 Å². The number of nitrogens with zero attached hydrogens (tertiary/aromatic N) is 8. The van der Waals surface area contributed by atoms with Crippen LogP contribution in [0.2, 0.25) is 5.02 Å². The van der Waals surface area contributed by atoms with Crippen LogP contribution in [0.3, 0.4) is 0 Å². The van der Waals surface area contributed by atoms with Crippen LogP contribution < -0.4 is 10.3 Å². The first-order valence-corrected chi connectivity index (χ1v) is 28.5. The van der Waals surface area contributed by atoms with Crippen LogP contribution in [0.5, 0.6) is 0 Å². The monoisotopic (exact) mass is 1150 g/mol. The molecule has 0 spiro atoms. The van der Waals surface area contributed by atoms with Gasteiger partial charge in [-0.3, -0.25) is 33.1 Å². The molecule has 4 fully saturated rings. The van der Waals surface area contributed by atoms with Gasteiger partial charge in [0.2, 0.25) is 15.9 Å². The van der Waals surface area contributed by atoms with E-state index in [4.69, 9.17) is 31.4 Å². The normalized spacial score (nSPS) is 23.5. The molecule has 6 aromatic rings. The number of Topliss-reactive ketones (excluding diaryl/α,β-unsaturated/α-hetero) is 1. The van der Waals surface area contributed by atoms with Gasteiger partial charge in [-0.1, -0.05) is 11.6 Å². The molecule has 25 heteroatoms. The van der Waals surface area contributed by atoms with Gasteiger partial charge in [0.1, 0.15) is 42.1 Å². The van der Waals surface area contributed by atoms with Crippen molar-refractivity contribution in [2.45, 2.75) is 146 Å². The van der Waals surface area contributed by atoms with Crippen molar-refractivity contribution in [2.24, 2.45) is 17.8 Å². The Kier molecular flexibility index (Phi) is 13.7. The van der Waals surface area contributed by atoms with Crippen molar-refractivity contribution >= 4 is 55.2 Å². The number of halogens is 10. The molecule has 4 aromatic heterocycles. The highest BCUT2D eigenvalue weighted by atomic mass is 35.5. The molecule has 4 aliphatic carbocycles. The molecule has 5 heterocycles. The van der Waals surface area contributed by atoms with Gasteiger partial charge < -0.3 is 4.74 Å². The molecule has 3 unspecified atom stereocenters. The van der Waals surface area contributed by atoms with Gasteiger partial charge in [0.15, 0.2) is 17.2 Å². The van der Waals surface area contributed by atoms with Crippen LogP contribution >= 0.6 is 11.6 Å². The highest BCUT2D eigenvalue weighted by Gasteiger charge is 2.67. The Bertz CT molecular complexity index is 3600. The summed E-state index contributed by atoms with van der Waals surface area (Å²) < 4.78 is 173. The average molecular weight is 1150 g/mol. The molecule has 14 nitrogen and oxygen atoms in total. The van der Waals surface area contributed by atoms with Crippen LogP contribution in [-0.2, 0) is 51.7 Å². The molecule has 0 radical (unpaired) electrons. The predicted octanol–water partition coefficient (Wildman–Crippen LogP) is 11.1. The van der Waals surface area contributed by atoms with Crippen LogP contribution in [-0.4, -0.2) is 96.2 Å². The molecule has 0 amide bonds. The fourth-order valence-electron chi connectivity index (χ4n) is 13.1. The fraction of sp³-hybridized carbons (Fsp3) is 0.556. The van der Waals surface area contributed by atoms with Gasteiger partial charge in [-0.25, -0.2) is 49.1 Å². The third-order valence-corrected chi connectivity index (χ3v) is 17.0. The molecule has 79 heavy (non-hydrogen) atoms. The molecule has 2 aromatic carbocycles. The van der Waals surface area contributed by atoms with Crippen LogP contribution in [0.1, 0.15) is 136 Å². The van der Waals surface area contributed by atoms with Gasteiger partial charge in [0.25, 0.3) is 17.9 Å². The van der Waals surface area contributed by atoms with Gasteiger partial charge in [0.05, 0.1) is 51.0 Å². The minimum atomic E-state index is -4.04. The Morgan fingerprint density at radius 1 is 0.911 bits per heavy atom. The van der Waals surface area contributed by atoms with Gasteiger partial charge in [0, 0.05) is 79.5 Å². The van der Waals surface area contributed by atoms with Crippen molar-refractivity contribution in [1.82, 2.24) is 39.0 Å². The Balaban J connectivity index is 1.08. The number of nitrogens with one attached hydrogen (secondary N) is 1. The van der Waals surface area contributed by atoms with E-state index in [1.807, 2.05) is 27.7 Å². The van der Waals surface area contributed by atoms with Crippen LogP contribution in [0.25, 0.3) is 27.6 Å². The summed E-state index contributed by atoms with van der Waals surface area (Å²) >= 11 is 6.96. The van der Waals surface area contributed by atoms with Gasteiger partial charge >= 0.3 is 0 Å². The zero-order valence-electron chi connectivity index (χ0n) is 43.7. The van der Waals surface area contributed by atoms with Crippen molar-refractivity contribution in [2.75, 3.05) is 30.6 Å². The molecule has 1 aliphatic heterocycles. The number of pyridine rings is 1. The summed E-state index contributed by atoms with van der Waals surface area (Å²) in [6.45, 7) is 7.16. The Morgan fingerprint density at radius 3 is 2.24 bits per heavy atom. The maximum atomic E-state index is 15.8. The number of anilines is 1. The average Bonchev–Trinajstić information content (AvgIpc) is 2.92. The lowest BCUT2D eigenvalue weighted by Crippen LogP contribution is -2.57. The van der Waals surface area contributed by atoms with E-state index in [9.17, 15) is 30.8 Å². The number of benzene rings is 2. The van der Waals surface area contributed by atoms with Gasteiger partial charge in [-0.05, 0) is 113 Å². The minimum Gasteiger partial charge on any atom is -0.367 e. The van der Waals surface area contributed by atoms with Crippen LogP contribution in [0.15, 0.2) is 41.2 Å². The minimum absolute atomic E-state index is 0.00722. The van der Waals surface area contributed by atoms with Crippen molar-refractivity contribution in [3.8, 4) is 5.69 Å². The summed E-state index contributed by atoms with van der Waals surface area (Å²) in [7, 11) is -4.04. The number of carbonyl (C=O) groups is 1. The third kappa shape index (κ3) is 10.7. The number of hydrogen-bond donors (Lipinski definition) is 1. The number of aromatic nitrogens is 7. The van der Waals surface area contributed by atoms with Crippen molar-refractivity contribution in [3.05, 3.63) is 103 Å². The summed E-state index contributed by atoms with van der Waals surface area (Å²) in [6, 6.07) is 7.05. The van der Waals surface area contributed by atoms with Crippen LogP contribution in [0.4, 0.5) is 45.3 Å². The van der Waals surface area contributed by atoms with Crippen molar-refractivity contribution in [3.63, 3.8) is 0 Å². The van der Waals surface area contributed by atoms with E-state index in [-0.39, 0.29) is 112 Å². The SMILES string of the molecule is CC1(C)CN(CCn2nc(NS(C)(=O)=O)c3c(Cl)ccc(-n4c([C@H](Cc5cc(F)cc(F)c5)C5CC5CC(=O)Cn5nc(C(F)F)c6c5C(F)(F)[C@@H]5CC65)nc5nc(C6CCC(F)(F)CC6)cc(CF)c5c4=O)c32)CC(C)(C)O1. The van der Waals surface area contributed by atoms with Gasteiger partial charge in [-0.15, -0.1) is 0 Å². The summed E-state index contributed by atoms with van der Waals surface area (Å²) in [6.07, 6.45) is -3.54. The molecule has 1 saturated heterocycles. The first-order valence-electron chi connectivity index (χ1n) is 26.2. The number of ketones is 1. The number of alkyl halides is 7. The summed E-state index contributed by atoms with van der Waals surface area (Å²) in [4.78, 5) is 41.8. The van der Waals surface area contributed by atoms with E-state index in [1.54, 1.807) is 0 Å². The zero-order valence-corrected chi connectivity index (χ0v) is 45.3. The largest absolute Gasteiger partial charge is 0.367 e. The molecule has 424 valence electrons. The van der Waals surface area contributed by atoms with E-state index in [2.05, 4.69) is 14.7 Å². The van der Waals surface area contributed by atoms with E-state index < -0.39 is 135 Å². The predicted molar refractivity (Wildman–Crippen MR) is 275 cm³/mol. The smallest absolute Gasteiger partial charge is 0.293 e. The Morgan fingerprint density at radius 2 is 1.59 bits per heavy atom. The molecule has 5 atom stereocenters. The summed E-state index contributed by atoms with van der Waals surface area (Å²) in [5.74, 6) is -14.1. The highest BCUT2D eigenvalue weighted by molar-refractivity contribution is 7.92. The standard InChI is InChI=1S/C54H57ClF9N9O5S/c1-51(2)24-70(25-52(3,4)78-51)12-13-71-44-39(7-6-37(55)42(44)48(68-71)69-79(5,76)77)73-49(66-47-40(50(73)75)29(22-56)19-38(65-47)27-8-10-53(61,62)11-9-27)34(16-26-14-30(57)20-31(58)15-26)33-18-28(33)17-32(74)23-72-45-41(43(67-72)46(59)60)35-21-36(35)54(45,63)64/h6-7,14-15,19-20,27-28,33-36,46H,8-13,16-18,21-25H2,1-5H3,(H,68,69)/t28?,33?,34-,35?,36-/m1/s1. The van der Waals surface area contributed by atoms with E-state index >= 15 is 26.7 Å². The lowest BCUT2D eigenvalue weighted by Gasteiger charge is -2.47. The maximum absolute atomic E-state index is 15.8. The van der Waals surface area contributed by atoms with E-state index in [0.717, 1.165) is 18.4 Å². The zero-order chi connectivity index (χ0) is 56.6. The quantitative estimate of drug-likeness (QED) is 0.0871. The first kappa shape index (κ1) is 55.3. The van der Waals surface area contributed by atoms with Crippen molar-refractivity contribution < 1.29 is 57.5 Å². The Hall–Kier alpha value is -5.59. The highest BCUT2D eigenvalue weighted by Crippen LogP contribution is 2.68. The lowest BCUT2D eigenvalue weighted by molar-refractivity contribution is -0.180. The van der Waals surface area contributed by atoms with Crippen molar-refractivity contribution in [1.29, 1.82) is 0 Å². The van der Waals surface area contributed by atoms with E-state index in [1.165, 1.54) is 27.4 Å². The molecule has 3 saturated carbocycles. The second-order valence-corrected chi connectivity index (χ2v) is 25.7. The topological polar surface area (TPSA) is 159 Å². The molecular weight excluding hydrogens is 1090 g/mol. The fourth-order valence-corrected chi connectivity index (χ4v) is 13.9. The number of rotatable bonds is 17. The Labute approximate surface area is 453 Å². The molecule has 1 N–H and O–H groups in total. The number of morpholine rings is 1. The number of fused-ring (bicyclic) bond motifs is 5. The molecular formula is C54H57ClF9N9O5S.